The van der Waals surface area contributed by atoms with E-state index in [-0.39, 0.29) is 11.5 Å². The predicted octanol–water partition coefficient (Wildman–Crippen LogP) is 2.16. The molecule has 0 radical (unpaired) electrons. The summed E-state index contributed by atoms with van der Waals surface area (Å²) in [5.74, 6) is 0.167. The molecule has 4 nitrogen and oxygen atoms in total. The SMILES string of the molecule is Nc1nc2c(Cc3ccccc3)csc2c(=O)[nH]1. The molecule has 0 aliphatic rings. The van der Waals surface area contributed by atoms with Crippen LogP contribution in [0.15, 0.2) is 40.5 Å². The first kappa shape index (κ1) is 11.0. The number of benzene rings is 1. The van der Waals surface area contributed by atoms with Crippen molar-refractivity contribution < 1.29 is 0 Å². The number of rotatable bonds is 2. The summed E-state index contributed by atoms with van der Waals surface area (Å²) >= 11 is 1.41. The van der Waals surface area contributed by atoms with Gasteiger partial charge in [-0.25, -0.2) is 4.98 Å². The molecule has 3 aromatic rings. The van der Waals surface area contributed by atoms with Crippen molar-refractivity contribution in [1.29, 1.82) is 0 Å². The lowest BCUT2D eigenvalue weighted by atomic mass is 10.1. The zero-order chi connectivity index (χ0) is 12.5. The lowest BCUT2D eigenvalue weighted by molar-refractivity contribution is 1.16. The van der Waals surface area contributed by atoms with E-state index in [0.717, 1.165) is 12.0 Å². The highest BCUT2D eigenvalue weighted by molar-refractivity contribution is 7.17. The van der Waals surface area contributed by atoms with Crippen LogP contribution >= 0.6 is 11.3 Å². The maximum absolute atomic E-state index is 11.7. The topological polar surface area (TPSA) is 71.8 Å². The molecular weight excluding hydrogens is 246 g/mol. The number of hydrogen-bond donors (Lipinski definition) is 2. The molecule has 0 saturated heterocycles. The van der Waals surface area contributed by atoms with E-state index in [9.17, 15) is 4.79 Å². The minimum Gasteiger partial charge on any atom is -0.369 e. The standard InChI is InChI=1S/C13H11N3OS/c14-13-15-10-9(6-8-4-2-1-3-5-8)7-18-11(10)12(17)16-13/h1-5,7H,6H2,(H3,14,15,16,17). The van der Waals surface area contributed by atoms with Crippen LogP contribution in [0.25, 0.3) is 10.2 Å². The van der Waals surface area contributed by atoms with Crippen molar-refractivity contribution in [3.63, 3.8) is 0 Å². The van der Waals surface area contributed by atoms with E-state index < -0.39 is 0 Å². The highest BCUT2D eigenvalue weighted by atomic mass is 32.1. The molecule has 3 rings (SSSR count). The normalized spacial score (nSPS) is 10.9. The minimum absolute atomic E-state index is 0.165. The summed E-state index contributed by atoms with van der Waals surface area (Å²) in [5, 5.41) is 1.97. The predicted molar refractivity (Wildman–Crippen MR) is 73.9 cm³/mol. The number of hydrogen-bond acceptors (Lipinski definition) is 4. The third kappa shape index (κ3) is 1.89. The fourth-order valence-electron chi connectivity index (χ4n) is 1.93. The number of aromatic nitrogens is 2. The number of fused-ring (bicyclic) bond motifs is 1. The fourth-order valence-corrected chi connectivity index (χ4v) is 2.84. The first-order valence-electron chi connectivity index (χ1n) is 5.54. The van der Waals surface area contributed by atoms with Crippen LogP contribution in [0.5, 0.6) is 0 Å². The van der Waals surface area contributed by atoms with Crippen LogP contribution in [-0.4, -0.2) is 9.97 Å². The number of nitrogens with one attached hydrogen (secondary N) is 1. The van der Waals surface area contributed by atoms with Gasteiger partial charge in [0.25, 0.3) is 5.56 Å². The van der Waals surface area contributed by atoms with Gasteiger partial charge < -0.3 is 5.73 Å². The number of anilines is 1. The molecule has 2 aromatic heterocycles. The Morgan fingerprint density at radius 1 is 1.28 bits per heavy atom. The Hall–Kier alpha value is -2.14. The van der Waals surface area contributed by atoms with E-state index in [1.54, 1.807) is 0 Å². The summed E-state index contributed by atoms with van der Waals surface area (Å²) < 4.78 is 0.634. The highest BCUT2D eigenvalue weighted by Crippen LogP contribution is 2.23. The average Bonchev–Trinajstić information content (AvgIpc) is 2.74. The Morgan fingerprint density at radius 2 is 2.06 bits per heavy atom. The molecule has 0 saturated carbocycles. The molecule has 0 bridgehead atoms. The summed E-state index contributed by atoms with van der Waals surface area (Å²) in [4.78, 5) is 18.4. The van der Waals surface area contributed by atoms with Crippen LogP contribution in [0, 0.1) is 0 Å². The molecule has 0 aliphatic heterocycles. The summed E-state index contributed by atoms with van der Waals surface area (Å²) in [5.41, 5.74) is 8.37. The van der Waals surface area contributed by atoms with E-state index in [2.05, 4.69) is 22.1 Å². The maximum atomic E-state index is 11.7. The van der Waals surface area contributed by atoms with Crippen molar-refractivity contribution in [3.05, 3.63) is 57.2 Å². The van der Waals surface area contributed by atoms with Crippen LogP contribution in [-0.2, 0) is 6.42 Å². The summed E-state index contributed by atoms with van der Waals surface area (Å²) in [6.45, 7) is 0. The molecule has 0 atom stereocenters. The molecule has 0 unspecified atom stereocenters. The van der Waals surface area contributed by atoms with Crippen LogP contribution in [0.2, 0.25) is 0 Å². The first-order chi connectivity index (χ1) is 8.74. The van der Waals surface area contributed by atoms with Crippen molar-refractivity contribution in [1.82, 2.24) is 9.97 Å². The molecule has 0 fully saturated rings. The van der Waals surface area contributed by atoms with Gasteiger partial charge >= 0.3 is 0 Å². The second-order valence-corrected chi connectivity index (χ2v) is 4.93. The maximum Gasteiger partial charge on any atom is 0.270 e. The van der Waals surface area contributed by atoms with Gasteiger partial charge in [-0.2, -0.15) is 0 Å². The Morgan fingerprint density at radius 3 is 2.83 bits per heavy atom. The van der Waals surface area contributed by atoms with Gasteiger partial charge in [0.05, 0.1) is 5.52 Å². The van der Waals surface area contributed by atoms with Gasteiger partial charge in [-0.15, -0.1) is 11.3 Å². The monoisotopic (exact) mass is 257 g/mol. The second-order valence-electron chi connectivity index (χ2n) is 4.05. The molecule has 5 heteroatoms. The van der Waals surface area contributed by atoms with Crippen LogP contribution in [0.1, 0.15) is 11.1 Å². The van der Waals surface area contributed by atoms with E-state index in [4.69, 9.17) is 5.73 Å². The second kappa shape index (κ2) is 4.27. The molecular formula is C13H11N3OS. The lowest BCUT2D eigenvalue weighted by Gasteiger charge is -2.00. The number of H-pyrrole nitrogens is 1. The van der Waals surface area contributed by atoms with E-state index in [0.29, 0.717) is 10.2 Å². The number of aromatic amines is 1. The number of nitrogens with two attached hydrogens (primary N) is 1. The molecule has 90 valence electrons. The molecule has 2 heterocycles. The fraction of sp³-hybridized carbons (Fsp3) is 0.0769. The van der Waals surface area contributed by atoms with E-state index in [1.807, 2.05) is 23.6 Å². The van der Waals surface area contributed by atoms with Crippen LogP contribution in [0.4, 0.5) is 5.95 Å². The lowest BCUT2D eigenvalue weighted by Crippen LogP contribution is -2.09. The molecule has 3 N–H and O–H groups in total. The quantitative estimate of drug-likeness (QED) is 0.739. The Labute approximate surface area is 107 Å². The third-order valence-corrected chi connectivity index (χ3v) is 3.77. The van der Waals surface area contributed by atoms with E-state index in [1.165, 1.54) is 16.9 Å². The molecule has 0 aliphatic carbocycles. The average molecular weight is 257 g/mol. The zero-order valence-corrected chi connectivity index (χ0v) is 10.3. The zero-order valence-electron chi connectivity index (χ0n) is 9.51. The van der Waals surface area contributed by atoms with Crippen LogP contribution < -0.4 is 11.3 Å². The first-order valence-corrected chi connectivity index (χ1v) is 6.42. The number of thiophene rings is 1. The summed E-state index contributed by atoms with van der Waals surface area (Å²) in [6, 6.07) is 10.1. The Balaban J connectivity index is 2.11. The smallest absolute Gasteiger partial charge is 0.270 e. The Bertz CT molecular complexity index is 746. The molecule has 18 heavy (non-hydrogen) atoms. The number of nitrogen functional groups attached to an aromatic ring is 1. The molecule has 0 amide bonds. The Kier molecular flexibility index (Phi) is 2.60. The van der Waals surface area contributed by atoms with Crippen molar-refractivity contribution in [2.24, 2.45) is 0 Å². The van der Waals surface area contributed by atoms with Gasteiger partial charge in [0, 0.05) is 6.42 Å². The minimum atomic E-state index is -0.165. The van der Waals surface area contributed by atoms with Crippen LogP contribution in [0.3, 0.4) is 0 Å². The molecule has 0 spiro atoms. The van der Waals surface area contributed by atoms with Gasteiger partial charge in [-0.05, 0) is 16.5 Å². The van der Waals surface area contributed by atoms with Gasteiger partial charge in [0.15, 0.2) is 0 Å². The number of nitrogens with zero attached hydrogens (tertiary/aromatic N) is 1. The summed E-state index contributed by atoms with van der Waals surface area (Å²) in [6.07, 6.45) is 0.761. The van der Waals surface area contributed by atoms with E-state index >= 15 is 0 Å². The molecule has 1 aromatic carbocycles. The van der Waals surface area contributed by atoms with Gasteiger partial charge in [-0.1, -0.05) is 30.3 Å². The van der Waals surface area contributed by atoms with Crippen molar-refractivity contribution in [2.75, 3.05) is 5.73 Å². The van der Waals surface area contributed by atoms with Crippen molar-refractivity contribution in [3.8, 4) is 0 Å². The highest BCUT2D eigenvalue weighted by Gasteiger charge is 2.10. The van der Waals surface area contributed by atoms with Crippen molar-refractivity contribution in [2.45, 2.75) is 6.42 Å². The summed E-state index contributed by atoms with van der Waals surface area (Å²) in [7, 11) is 0. The van der Waals surface area contributed by atoms with Gasteiger partial charge in [-0.3, -0.25) is 9.78 Å². The third-order valence-electron chi connectivity index (χ3n) is 2.76. The largest absolute Gasteiger partial charge is 0.369 e. The van der Waals surface area contributed by atoms with Gasteiger partial charge in [0.2, 0.25) is 5.95 Å². The van der Waals surface area contributed by atoms with Crippen molar-refractivity contribution >= 4 is 27.5 Å². The van der Waals surface area contributed by atoms with Gasteiger partial charge in [0.1, 0.15) is 4.70 Å².